The molecule has 0 bridgehead atoms. The van der Waals surface area contributed by atoms with E-state index in [-0.39, 0.29) is 34.0 Å². The predicted molar refractivity (Wildman–Crippen MR) is 129 cm³/mol. The van der Waals surface area contributed by atoms with Gasteiger partial charge < -0.3 is 13.6 Å². The molecule has 6 heteroatoms. The average Bonchev–Trinajstić information content (AvgIpc) is 2.54. The van der Waals surface area contributed by atoms with E-state index in [1.54, 1.807) is 0 Å². The lowest BCUT2D eigenvalue weighted by atomic mass is 9.92. The van der Waals surface area contributed by atoms with Crippen molar-refractivity contribution in [3.8, 4) is 0 Å². The van der Waals surface area contributed by atoms with Crippen molar-refractivity contribution < 1.29 is 18.4 Å². The van der Waals surface area contributed by atoms with Crippen LogP contribution in [0.3, 0.4) is 0 Å². The first-order valence-corrected chi connectivity index (χ1v) is 16.7. The summed E-state index contributed by atoms with van der Waals surface area (Å²) in [4.78, 5) is 11.9. The molecule has 0 aromatic rings. The fourth-order valence-electron chi connectivity index (χ4n) is 2.63. The first-order valence-electron chi connectivity index (χ1n) is 10.9. The number of ether oxygens (including phenoxy) is 1. The van der Waals surface area contributed by atoms with E-state index in [0.717, 1.165) is 0 Å². The van der Waals surface area contributed by atoms with E-state index in [0.29, 0.717) is 12.2 Å². The molecule has 0 saturated heterocycles. The Bertz CT molecular complexity index is 568. The Kier molecular flexibility index (Phi) is 10.1. The monoisotopic (exact) mass is 444 g/mol. The van der Waals surface area contributed by atoms with Crippen molar-refractivity contribution in [2.45, 2.75) is 105 Å². The van der Waals surface area contributed by atoms with Gasteiger partial charge in [-0.1, -0.05) is 61.5 Å². The summed E-state index contributed by atoms with van der Waals surface area (Å²) in [6, 6.07) is 0. The van der Waals surface area contributed by atoms with Gasteiger partial charge in [-0.25, -0.2) is 4.79 Å². The maximum Gasteiger partial charge on any atom is 0.333 e. The lowest BCUT2D eigenvalue weighted by Crippen LogP contribution is -2.49. The van der Waals surface area contributed by atoms with Crippen molar-refractivity contribution in [2.75, 3.05) is 13.7 Å². The lowest BCUT2D eigenvalue weighted by Gasteiger charge is -2.43. The summed E-state index contributed by atoms with van der Waals surface area (Å²) < 4.78 is 18.3. The maximum absolute atomic E-state index is 11.9. The van der Waals surface area contributed by atoms with E-state index < -0.39 is 16.6 Å². The zero-order valence-electron chi connectivity index (χ0n) is 21.6. The van der Waals surface area contributed by atoms with E-state index in [2.05, 4.69) is 81.6 Å². The number of esters is 1. The third kappa shape index (κ3) is 8.31. The first kappa shape index (κ1) is 28.6. The first-order chi connectivity index (χ1) is 12.8. The van der Waals surface area contributed by atoms with E-state index in [1.807, 2.05) is 13.0 Å². The number of carbonyl (C=O) groups is 1. The minimum Gasteiger partial charge on any atom is -0.466 e. The number of hydrogen-bond donors (Lipinski definition) is 0. The highest BCUT2D eigenvalue weighted by molar-refractivity contribution is 6.74. The molecular weight excluding hydrogens is 396 g/mol. The number of carbonyl (C=O) groups excluding carboxylic acids is 1. The van der Waals surface area contributed by atoms with Gasteiger partial charge in [-0.15, -0.1) is 0 Å². The Morgan fingerprint density at radius 3 is 1.76 bits per heavy atom. The standard InChI is InChI=1S/C23H48O4Si2/c1-17(15-18(2)21(24)25-10)20(27-29(13,14)23(7,8)9)19(3)16-26-28(11,12)22(4,5)6/h15,17,19-20H,16H2,1-14H3/b18-15-/t17-,19-,20+/m0/s1. The Labute approximate surface area is 183 Å². The molecule has 29 heavy (non-hydrogen) atoms. The van der Waals surface area contributed by atoms with E-state index >= 15 is 0 Å². The van der Waals surface area contributed by atoms with Gasteiger partial charge in [0, 0.05) is 24.0 Å². The van der Waals surface area contributed by atoms with Crippen LogP contribution in [0.4, 0.5) is 0 Å². The smallest absolute Gasteiger partial charge is 0.333 e. The second-order valence-electron chi connectivity index (χ2n) is 11.6. The molecule has 0 amide bonds. The van der Waals surface area contributed by atoms with Crippen LogP contribution in [0.5, 0.6) is 0 Å². The minimum absolute atomic E-state index is 0.0136. The summed E-state index contributed by atoms with van der Waals surface area (Å²) in [6.07, 6.45) is 1.98. The van der Waals surface area contributed by atoms with E-state index in [1.165, 1.54) is 7.11 Å². The summed E-state index contributed by atoms with van der Waals surface area (Å²) in [5, 5.41) is 0.293. The van der Waals surface area contributed by atoms with Gasteiger partial charge in [0.15, 0.2) is 16.6 Å². The Morgan fingerprint density at radius 1 is 0.931 bits per heavy atom. The van der Waals surface area contributed by atoms with Gasteiger partial charge in [-0.05, 0) is 43.2 Å². The molecule has 0 rings (SSSR count). The molecule has 0 saturated carbocycles. The largest absolute Gasteiger partial charge is 0.466 e. The van der Waals surface area contributed by atoms with Crippen molar-refractivity contribution in [2.24, 2.45) is 11.8 Å². The molecule has 0 N–H and O–H groups in total. The van der Waals surface area contributed by atoms with Crippen LogP contribution in [-0.2, 0) is 18.4 Å². The van der Waals surface area contributed by atoms with Crippen LogP contribution in [0, 0.1) is 11.8 Å². The van der Waals surface area contributed by atoms with Gasteiger partial charge in [0.05, 0.1) is 13.2 Å². The topological polar surface area (TPSA) is 44.8 Å². The highest BCUT2D eigenvalue weighted by Gasteiger charge is 2.42. The summed E-state index contributed by atoms with van der Waals surface area (Å²) in [5.74, 6) is 0.0179. The summed E-state index contributed by atoms with van der Waals surface area (Å²) >= 11 is 0. The second kappa shape index (κ2) is 10.2. The molecule has 172 valence electrons. The molecule has 0 aromatic carbocycles. The van der Waals surface area contributed by atoms with E-state index in [9.17, 15) is 4.79 Å². The van der Waals surface area contributed by atoms with Gasteiger partial charge in [-0.2, -0.15) is 0 Å². The third-order valence-electron chi connectivity index (χ3n) is 6.85. The van der Waals surface area contributed by atoms with Crippen molar-refractivity contribution >= 4 is 22.6 Å². The normalized spacial score (nSPS) is 17.7. The second-order valence-corrected chi connectivity index (χ2v) is 21.2. The van der Waals surface area contributed by atoms with Crippen molar-refractivity contribution in [1.29, 1.82) is 0 Å². The Hall–Kier alpha value is -0.436. The summed E-state index contributed by atoms with van der Waals surface area (Å²) in [6.45, 7) is 29.5. The lowest BCUT2D eigenvalue weighted by molar-refractivity contribution is -0.136. The van der Waals surface area contributed by atoms with Crippen LogP contribution in [0.15, 0.2) is 11.6 Å². The molecule has 0 aromatic heterocycles. The fraction of sp³-hybridized carbons (Fsp3) is 0.870. The molecule has 0 heterocycles. The minimum atomic E-state index is -1.98. The molecule has 4 nitrogen and oxygen atoms in total. The number of hydrogen-bond acceptors (Lipinski definition) is 4. The molecule has 0 aliphatic heterocycles. The third-order valence-corrected chi connectivity index (χ3v) is 15.8. The molecule has 0 fully saturated rings. The zero-order valence-corrected chi connectivity index (χ0v) is 23.6. The van der Waals surface area contributed by atoms with Crippen LogP contribution in [0.2, 0.25) is 36.3 Å². The predicted octanol–water partition coefficient (Wildman–Crippen LogP) is 6.79. The average molecular weight is 445 g/mol. The van der Waals surface area contributed by atoms with Crippen LogP contribution < -0.4 is 0 Å². The van der Waals surface area contributed by atoms with Gasteiger partial charge in [-0.3, -0.25) is 0 Å². The van der Waals surface area contributed by atoms with Crippen molar-refractivity contribution in [3.05, 3.63) is 11.6 Å². The Balaban J connectivity index is 5.71. The summed E-state index contributed by atoms with van der Waals surface area (Å²) in [5.41, 5.74) is 0.626. The molecule has 0 aliphatic carbocycles. The van der Waals surface area contributed by atoms with Crippen molar-refractivity contribution in [3.63, 3.8) is 0 Å². The van der Waals surface area contributed by atoms with Crippen molar-refractivity contribution in [1.82, 2.24) is 0 Å². The van der Waals surface area contributed by atoms with Crippen LogP contribution >= 0.6 is 0 Å². The fourth-order valence-corrected chi connectivity index (χ4v) is 5.22. The molecule has 0 unspecified atom stereocenters. The van der Waals surface area contributed by atoms with Gasteiger partial charge in [0.25, 0.3) is 0 Å². The Morgan fingerprint density at radius 2 is 1.38 bits per heavy atom. The zero-order chi connectivity index (χ0) is 23.4. The SMILES string of the molecule is COC(=O)/C(C)=C\[C@H](C)[C@@H](O[Si](C)(C)C(C)(C)C)[C@@H](C)CO[Si](C)(C)C(C)(C)C. The number of rotatable bonds is 9. The number of methoxy groups -OCH3 is 1. The highest BCUT2D eigenvalue weighted by atomic mass is 28.4. The van der Waals surface area contributed by atoms with Crippen LogP contribution in [-0.4, -0.2) is 42.4 Å². The summed E-state index contributed by atoms with van der Waals surface area (Å²) in [7, 11) is -2.39. The molecule has 0 spiro atoms. The van der Waals surface area contributed by atoms with Gasteiger partial charge in [0.1, 0.15) is 0 Å². The maximum atomic E-state index is 11.9. The molecular formula is C23H48O4Si2. The van der Waals surface area contributed by atoms with Crippen LogP contribution in [0.25, 0.3) is 0 Å². The van der Waals surface area contributed by atoms with Crippen LogP contribution in [0.1, 0.15) is 62.3 Å². The van der Waals surface area contributed by atoms with Gasteiger partial charge >= 0.3 is 5.97 Å². The molecule has 0 radical (unpaired) electrons. The quantitative estimate of drug-likeness (QED) is 0.223. The molecule has 0 aliphatic rings. The van der Waals surface area contributed by atoms with E-state index in [4.69, 9.17) is 13.6 Å². The van der Waals surface area contributed by atoms with Gasteiger partial charge in [0.2, 0.25) is 0 Å². The molecule has 3 atom stereocenters. The highest BCUT2D eigenvalue weighted by Crippen LogP contribution is 2.40.